The van der Waals surface area contributed by atoms with E-state index in [0.717, 1.165) is 16.7 Å². The summed E-state index contributed by atoms with van der Waals surface area (Å²) in [6.07, 6.45) is 1.61. The lowest BCUT2D eigenvalue weighted by Crippen LogP contribution is -2.17. The molecule has 4 heteroatoms. The molecular formula is C13H13BrFNO. The molecule has 2 rings (SSSR count). The van der Waals surface area contributed by atoms with Crippen LogP contribution < -0.4 is 5.32 Å². The third kappa shape index (κ3) is 2.58. The van der Waals surface area contributed by atoms with Crippen molar-refractivity contribution in [2.45, 2.75) is 13.0 Å². The Kier molecular flexibility index (Phi) is 3.64. The second kappa shape index (κ2) is 5.02. The van der Waals surface area contributed by atoms with Crippen LogP contribution in [0.4, 0.5) is 4.39 Å². The Morgan fingerprint density at radius 3 is 2.65 bits per heavy atom. The molecule has 0 saturated carbocycles. The Morgan fingerprint density at radius 1 is 1.35 bits per heavy atom. The first-order chi connectivity index (χ1) is 8.11. The summed E-state index contributed by atoms with van der Waals surface area (Å²) in [6, 6.07) is 6.79. The fourth-order valence-corrected chi connectivity index (χ4v) is 2.41. The first kappa shape index (κ1) is 12.3. The minimum Gasteiger partial charge on any atom is -0.457 e. The predicted molar refractivity (Wildman–Crippen MR) is 68.4 cm³/mol. The molecule has 0 bridgehead atoms. The van der Waals surface area contributed by atoms with Gasteiger partial charge in [0.1, 0.15) is 5.82 Å². The van der Waals surface area contributed by atoms with Crippen LogP contribution in [0.1, 0.15) is 22.7 Å². The van der Waals surface area contributed by atoms with Crippen LogP contribution in [0.25, 0.3) is 0 Å². The summed E-state index contributed by atoms with van der Waals surface area (Å²) in [5.74, 6) is -0.222. The van der Waals surface area contributed by atoms with Gasteiger partial charge in [-0.05, 0) is 59.2 Å². The molecule has 1 unspecified atom stereocenters. The molecule has 0 aliphatic rings. The van der Waals surface area contributed by atoms with Gasteiger partial charge in [-0.2, -0.15) is 0 Å². The van der Waals surface area contributed by atoms with Gasteiger partial charge in [0, 0.05) is 5.56 Å². The van der Waals surface area contributed by atoms with E-state index in [-0.39, 0.29) is 11.9 Å². The number of aryl methyl sites for hydroxylation is 1. The first-order valence-electron chi connectivity index (χ1n) is 5.29. The number of nitrogens with one attached hydrogen (secondary N) is 1. The zero-order valence-electron chi connectivity index (χ0n) is 9.63. The molecule has 17 heavy (non-hydrogen) atoms. The summed E-state index contributed by atoms with van der Waals surface area (Å²) in [7, 11) is 1.84. The molecule has 1 aromatic heterocycles. The predicted octanol–water partition coefficient (Wildman–Crippen LogP) is 3.80. The van der Waals surface area contributed by atoms with Gasteiger partial charge in [0.15, 0.2) is 4.67 Å². The molecule has 90 valence electrons. The van der Waals surface area contributed by atoms with Crippen molar-refractivity contribution in [3.05, 3.63) is 57.7 Å². The van der Waals surface area contributed by atoms with Crippen molar-refractivity contribution in [2.75, 3.05) is 7.05 Å². The zero-order chi connectivity index (χ0) is 12.4. The number of hydrogen-bond donors (Lipinski definition) is 1. The lowest BCUT2D eigenvalue weighted by molar-refractivity contribution is 0.529. The van der Waals surface area contributed by atoms with Crippen LogP contribution in [0, 0.1) is 12.7 Å². The van der Waals surface area contributed by atoms with Crippen molar-refractivity contribution in [3.63, 3.8) is 0 Å². The highest BCUT2D eigenvalue weighted by Crippen LogP contribution is 2.30. The van der Waals surface area contributed by atoms with E-state index in [1.54, 1.807) is 6.26 Å². The van der Waals surface area contributed by atoms with Crippen LogP contribution >= 0.6 is 15.9 Å². The quantitative estimate of drug-likeness (QED) is 0.932. The molecule has 0 spiro atoms. The third-order valence-corrected chi connectivity index (χ3v) is 3.29. The third-order valence-electron chi connectivity index (χ3n) is 2.64. The average molecular weight is 298 g/mol. The molecule has 1 N–H and O–H groups in total. The maximum Gasteiger partial charge on any atom is 0.174 e. The maximum atomic E-state index is 13.4. The standard InChI is InChI=1S/C13H13BrFNO/c1-8-5-9(7-10(15)6-8)12(16-2)11-3-4-17-13(11)14/h3-7,12,16H,1-2H3. The highest BCUT2D eigenvalue weighted by molar-refractivity contribution is 9.10. The molecule has 1 heterocycles. The van der Waals surface area contributed by atoms with E-state index < -0.39 is 0 Å². The smallest absolute Gasteiger partial charge is 0.174 e. The van der Waals surface area contributed by atoms with Gasteiger partial charge in [-0.25, -0.2) is 4.39 Å². The zero-order valence-corrected chi connectivity index (χ0v) is 11.2. The summed E-state index contributed by atoms with van der Waals surface area (Å²) in [5.41, 5.74) is 2.74. The molecule has 1 atom stereocenters. The molecular weight excluding hydrogens is 285 g/mol. The lowest BCUT2D eigenvalue weighted by Gasteiger charge is -2.16. The normalized spacial score (nSPS) is 12.7. The molecule has 0 saturated heterocycles. The van der Waals surface area contributed by atoms with E-state index >= 15 is 0 Å². The van der Waals surface area contributed by atoms with Gasteiger partial charge in [0.05, 0.1) is 12.3 Å². The number of halogens is 2. The second-order valence-corrected chi connectivity index (χ2v) is 4.65. The molecule has 2 aromatic rings. The van der Waals surface area contributed by atoms with Crippen LogP contribution in [0.2, 0.25) is 0 Å². The number of hydrogen-bond acceptors (Lipinski definition) is 2. The summed E-state index contributed by atoms with van der Waals surface area (Å²) < 4.78 is 19.3. The van der Waals surface area contributed by atoms with E-state index in [1.807, 2.05) is 26.1 Å². The van der Waals surface area contributed by atoms with E-state index in [0.29, 0.717) is 4.67 Å². The topological polar surface area (TPSA) is 25.2 Å². The monoisotopic (exact) mass is 297 g/mol. The highest BCUT2D eigenvalue weighted by atomic mass is 79.9. The van der Waals surface area contributed by atoms with E-state index in [4.69, 9.17) is 4.42 Å². The second-order valence-electron chi connectivity index (χ2n) is 3.93. The lowest BCUT2D eigenvalue weighted by atomic mass is 9.99. The first-order valence-corrected chi connectivity index (χ1v) is 6.08. The van der Waals surface area contributed by atoms with E-state index in [9.17, 15) is 4.39 Å². The van der Waals surface area contributed by atoms with Crippen molar-refractivity contribution >= 4 is 15.9 Å². The average Bonchev–Trinajstić information content (AvgIpc) is 2.65. The van der Waals surface area contributed by atoms with Crippen molar-refractivity contribution in [3.8, 4) is 0 Å². The van der Waals surface area contributed by atoms with Crippen LogP contribution in [-0.4, -0.2) is 7.05 Å². The fraction of sp³-hybridized carbons (Fsp3) is 0.231. The summed E-state index contributed by atoms with van der Waals surface area (Å²) in [4.78, 5) is 0. The molecule has 1 aromatic carbocycles. The molecule has 0 radical (unpaired) electrons. The van der Waals surface area contributed by atoms with Gasteiger partial charge < -0.3 is 9.73 Å². The number of benzene rings is 1. The summed E-state index contributed by atoms with van der Waals surface area (Å²) in [5, 5.41) is 3.16. The highest BCUT2D eigenvalue weighted by Gasteiger charge is 2.17. The largest absolute Gasteiger partial charge is 0.457 e. The molecule has 0 aliphatic carbocycles. The Morgan fingerprint density at radius 2 is 2.12 bits per heavy atom. The van der Waals surface area contributed by atoms with Crippen molar-refractivity contribution in [1.82, 2.24) is 5.32 Å². The van der Waals surface area contributed by atoms with Gasteiger partial charge in [0.25, 0.3) is 0 Å². The van der Waals surface area contributed by atoms with Crippen LogP contribution in [-0.2, 0) is 0 Å². The Bertz CT molecular complexity index is 504. The van der Waals surface area contributed by atoms with Gasteiger partial charge in [-0.1, -0.05) is 6.07 Å². The maximum absolute atomic E-state index is 13.4. The molecule has 0 amide bonds. The SMILES string of the molecule is CNC(c1cc(C)cc(F)c1)c1ccoc1Br. The Hall–Kier alpha value is -1.13. The van der Waals surface area contributed by atoms with Gasteiger partial charge in [-0.3, -0.25) is 0 Å². The van der Waals surface area contributed by atoms with Crippen LogP contribution in [0.5, 0.6) is 0 Å². The molecule has 2 nitrogen and oxygen atoms in total. The summed E-state index contributed by atoms with van der Waals surface area (Å²) in [6.45, 7) is 1.88. The van der Waals surface area contributed by atoms with Crippen molar-refractivity contribution in [2.24, 2.45) is 0 Å². The number of furan rings is 1. The Labute approximate surface area is 108 Å². The van der Waals surface area contributed by atoms with Gasteiger partial charge in [0.2, 0.25) is 0 Å². The summed E-state index contributed by atoms with van der Waals surface area (Å²) >= 11 is 3.34. The van der Waals surface area contributed by atoms with E-state index in [2.05, 4.69) is 21.2 Å². The van der Waals surface area contributed by atoms with Crippen LogP contribution in [0.15, 0.2) is 39.6 Å². The van der Waals surface area contributed by atoms with E-state index in [1.165, 1.54) is 12.1 Å². The van der Waals surface area contributed by atoms with Crippen molar-refractivity contribution < 1.29 is 8.81 Å². The fourth-order valence-electron chi connectivity index (χ4n) is 1.94. The van der Waals surface area contributed by atoms with Crippen molar-refractivity contribution in [1.29, 1.82) is 0 Å². The van der Waals surface area contributed by atoms with Gasteiger partial charge >= 0.3 is 0 Å². The molecule has 0 fully saturated rings. The molecule has 0 aliphatic heterocycles. The Balaban J connectivity index is 2.45. The number of rotatable bonds is 3. The van der Waals surface area contributed by atoms with Gasteiger partial charge in [-0.15, -0.1) is 0 Å². The van der Waals surface area contributed by atoms with Crippen LogP contribution in [0.3, 0.4) is 0 Å². The minimum atomic E-state index is -0.222. The minimum absolute atomic E-state index is 0.0856.